The van der Waals surface area contributed by atoms with E-state index >= 15 is 0 Å². The van der Waals surface area contributed by atoms with E-state index in [1.54, 1.807) is 4.90 Å². The molecule has 1 aromatic heterocycles. The molecule has 0 bridgehead atoms. The molecule has 0 atom stereocenters. The van der Waals surface area contributed by atoms with Crippen LogP contribution in [0.5, 0.6) is 0 Å². The molecule has 0 N–H and O–H groups in total. The van der Waals surface area contributed by atoms with Crippen LogP contribution in [0.15, 0.2) is 22.7 Å². The number of carbonyl (C=O) groups is 1. The third kappa shape index (κ3) is 3.68. The van der Waals surface area contributed by atoms with Crippen molar-refractivity contribution in [2.75, 3.05) is 13.1 Å². The van der Waals surface area contributed by atoms with Crippen LogP contribution in [0.4, 0.5) is 4.39 Å². The van der Waals surface area contributed by atoms with Gasteiger partial charge in [-0.15, -0.1) is 0 Å². The van der Waals surface area contributed by atoms with Crippen LogP contribution in [0.3, 0.4) is 0 Å². The van der Waals surface area contributed by atoms with Gasteiger partial charge in [-0.1, -0.05) is 16.8 Å². The van der Waals surface area contributed by atoms with E-state index in [0.717, 1.165) is 43.8 Å². The lowest BCUT2D eigenvalue weighted by Gasteiger charge is -2.31. The fourth-order valence-corrected chi connectivity index (χ4v) is 3.53. The number of piperidine rings is 1. The van der Waals surface area contributed by atoms with Crippen LogP contribution >= 0.6 is 11.6 Å². The maximum atomic E-state index is 13.1. The highest BCUT2D eigenvalue weighted by Crippen LogP contribution is 2.39. The van der Waals surface area contributed by atoms with Crippen LogP contribution in [-0.4, -0.2) is 34.0 Å². The molecule has 7 heteroatoms. The van der Waals surface area contributed by atoms with E-state index in [2.05, 4.69) is 10.1 Å². The number of likely N-dealkylation sites (tertiary alicyclic amines) is 1. The van der Waals surface area contributed by atoms with Gasteiger partial charge in [-0.3, -0.25) is 4.79 Å². The number of hydrogen-bond acceptors (Lipinski definition) is 4. The molecule has 0 unspecified atom stereocenters. The number of benzene rings is 1. The Hall–Kier alpha value is -1.95. The second-order valence-electron chi connectivity index (χ2n) is 6.89. The Labute approximate surface area is 150 Å². The van der Waals surface area contributed by atoms with Gasteiger partial charge in [-0.05, 0) is 49.8 Å². The summed E-state index contributed by atoms with van der Waals surface area (Å²) in [5, 5.41) is 4.23. The molecule has 1 aromatic carbocycles. The van der Waals surface area contributed by atoms with Gasteiger partial charge in [0, 0.05) is 25.4 Å². The lowest BCUT2D eigenvalue weighted by Crippen LogP contribution is -2.39. The van der Waals surface area contributed by atoms with Crippen molar-refractivity contribution >= 4 is 17.5 Å². The van der Waals surface area contributed by atoms with E-state index in [1.807, 2.05) is 0 Å². The molecular formula is C18H19ClFN3O2. The number of carbonyl (C=O) groups excluding carboxylic acids is 1. The van der Waals surface area contributed by atoms with Crippen molar-refractivity contribution in [2.45, 2.75) is 38.0 Å². The molecule has 0 spiro atoms. The van der Waals surface area contributed by atoms with Crippen LogP contribution in [0.1, 0.15) is 53.7 Å². The number of halogens is 2. The van der Waals surface area contributed by atoms with Crippen LogP contribution < -0.4 is 0 Å². The van der Waals surface area contributed by atoms with Crippen molar-refractivity contribution in [1.29, 1.82) is 0 Å². The summed E-state index contributed by atoms with van der Waals surface area (Å²) in [6.45, 7) is 1.31. The van der Waals surface area contributed by atoms with Gasteiger partial charge < -0.3 is 9.42 Å². The summed E-state index contributed by atoms with van der Waals surface area (Å²) >= 11 is 6.00. The van der Waals surface area contributed by atoms with Crippen LogP contribution in [0, 0.1) is 11.7 Å². The summed E-state index contributed by atoms with van der Waals surface area (Å²) in [4.78, 5) is 18.8. The van der Waals surface area contributed by atoms with Crippen molar-refractivity contribution in [3.63, 3.8) is 0 Å². The zero-order chi connectivity index (χ0) is 17.4. The molecule has 2 aromatic rings. The summed E-state index contributed by atoms with van der Waals surface area (Å²) in [6, 6.07) is 3.89. The number of rotatable bonds is 4. The molecule has 1 saturated heterocycles. The molecule has 4 rings (SSSR count). The first-order valence-electron chi connectivity index (χ1n) is 8.67. The number of aromatic nitrogens is 2. The van der Waals surface area contributed by atoms with Crippen molar-refractivity contribution < 1.29 is 13.7 Å². The predicted molar refractivity (Wildman–Crippen MR) is 90.0 cm³/mol. The molecule has 5 nitrogen and oxygen atoms in total. The van der Waals surface area contributed by atoms with Gasteiger partial charge in [0.15, 0.2) is 5.82 Å². The molecule has 2 fully saturated rings. The first-order chi connectivity index (χ1) is 12.1. The second-order valence-corrected chi connectivity index (χ2v) is 7.29. The Morgan fingerprint density at radius 1 is 1.28 bits per heavy atom. The lowest BCUT2D eigenvalue weighted by atomic mass is 9.93. The fourth-order valence-electron chi connectivity index (χ4n) is 3.28. The smallest absolute Gasteiger partial charge is 0.255 e. The standard InChI is InChI=1S/C18H19ClFN3O2/c19-15-10-13(20)3-4-14(15)18(24)23-7-5-11(6-8-23)9-16-21-17(25-22-16)12-1-2-12/h3-4,10-12H,1-2,5-9H2. The maximum absolute atomic E-state index is 13.1. The monoisotopic (exact) mass is 363 g/mol. The SMILES string of the molecule is O=C(c1ccc(F)cc1Cl)N1CCC(Cc2noc(C3CC3)n2)CC1. The molecule has 1 amide bonds. The Morgan fingerprint density at radius 2 is 2.04 bits per heavy atom. The second kappa shape index (κ2) is 6.75. The largest absolute Gasteiger partial charge is 0.339 e. The first-order valence-corrected chi connectivity index (χ1v) is 9.05. The Morgan fingerprint density at radius 3 is 2.72 bits per heavy atom. The van der Waals surface area contributed by atoms with Gasteiger partial charge in [-0.2, -0.15) is 4.98 Å². The molecule has 132 valence electrons. The van der Waals surface area contributed by atoms with E-state index in [9.17, 15) is 9.18 Å². The quantitative estimate of drug-likeness (QED) is 0.828. The third-order valence-electron chi connectivity index (χ3n) is 4.94. The van der Waals surface area contributed by atoms with E-state index < -0.39 is 5.82 Å². The van der Waals surface area contributed by atoms with Gasteiger partial charge >= 0.3 is 0 Å². The minimum Gasteiger partial charge on any atom is -0.339 e. The topological polar surface area (TPSA) is 59.2 Å². The van der Waals surface area contributed by atoms with Gasteiger partial charge in [0.05, 0.1) is 10.6 Å². The van der Waals surface area contributed by atoms with E-state index in [1.165, 1.54) is 18.2 Å². The molecule has 25 heavy (non-hydrogen) atoms. The summed E-state index contributed by atoms with van der Waals surface area (Å²) < 4.78 is 18.4. The molecule has 1 aliphatic heterocycles. The maximum Gasteiger partial charge on any atom is 0.255 e. The minimum absolute atomic E-state index is 0.140. The highest BCUT2D eigenvalue weighted by atomic mass is 35.5. The molecule has 2 aliphatic rings. The zero-order valence-corrected chi connectivity index (χ0v) is 14.5. The van der Waals surface area contributed by atoms with Crippen LogP contribution in [0.2, 0.25) is 5.02 Å². The molecular weight excluding hydrogens is 345 g/mol. The van der Waals surface area contributed by atoms with Gasteiger partial charge in [0.2, 0.25) is 5.89 Å². The third-order valence-corrected chi connectivity index (χ3v) is 5.26. The Balaban J connectivity index is 1.33. The van der Waals surface area contributed by atoms with Gasteiger partial charge in [0.1, 0.15) is 5.82 Å². The molecule has 1 aliphatic carbocycles. The number of hydrogen-bond donors (Lipinski definition) is 0. The van der Waals surface area contributed by atoms with E-state index in [-0.39, 0.29) is 10.9 Å². The van der Waals surface area contributed by atoms with Crippen molar-refractivity contribution in [3.05, 3.63) is 46.3 Å². The fraction of sp³-hybridized carbons (Fsp3) is 0.500. The van der Waals surface area contributed by atoms with Crippen molar-refractivity contribution in [3.8, 4) is 0 Å². The highest BCUT2D eigenvalue weighted by molar-refractivity contribution is 6.33. The molecule has 1 saturated carbocycles. The summed E-state index contributed by atoms with van der Waals surface area (Å²) in [6.07, 6.45) is 4.85. The summed E-state index contributed by atoms with van der Waals surface area (Å²) in [5.41, 5.74) is 0.355. The van der Waals surface area contributed by atoms with Crippen molar-refractivity contribution in [2.24, 2.45) is 5.92 Å². The molecule has 2 heterocycles. The Kier molecular flexibility index (Phi) is 4.46. The van der Waals surface area contributed by atoms with Crippen LogP contribution in [0.25, 0.3) is 0 Å². The predicted octanol–water partition coefficient (Wildman–Crippen LogP) is 3.83. The first kappa shape index (κ1) is 16.5. The van der Waals surface area contributed by atoms with Gasteiger partial charge in [0.25, 0.3) is 5.91 Å². The van der Waals surface area contributed by atoms with E-state index in [0.29, 0.717) is 30.5 Å². The minimum atomic E-state index is -0.439. The average molecular weight is 364 g/mol. The van der Waals surface area contributed by atoms with Crippen molar-refractivity contribution in [1.82, 2.24) is 15.0 Å². The average Bonchev–Trinajstić information content (AvgIpc) is 3.35. The van der Waals surface area contributed by atoms with Crippen LogP contribution in [-0.2, 0) is 6.42 Å². The normalized spacial score (nSPS) is 18.6. The summed E-state index contributed by atoms with van der Waals surface area (Å²) in [7, 11) is 0. The number of amides is 1. The van der Waals surface area contributed by atoms with E-state index in [4.69, 9.17) is 16.1 Å². The highest BCUT2D eigenvalue weighted by Gasteiger charge is 2.30. The Bertz CT molecular complexity index is 782. The molecule has 0 radical (unpaired) electrons. The zero-order valence-electron chi connectivity index (χ0n) is 13.8. The van der Waals surface area contributed by atoms with Gasteiger partial charge in [-0.25, -0.2) is 4.39 Å². The number of nitrogens with zero attached hydrogens (tertiary/aromatic N) is 3. The lowest BCUT2D eigenvalue weighted by molar-refractivity contribution is 0.0689. The summed E-state index contributed by atoms with van der Waals surface area (Å²) in [5.74, 6) is 1.88.